The molecular formula is C14H18F2N2O. The Morgan fingerprint density at radius 3 is 2.74 bits per heavy atom. The smallest absolute Gasteiger partial charge is 0.224 e. The molecule has 0 aliphatic heterocycles. The highest BCUT2D eigenvalue weighted by molar-refractivity contribution is 5.76. The van der Waals surface area contributed by atoms with Gasteiger partial charge in [0.1, 0.15) is 11.6 Å². The summed E-state index contributed by atoms with van der Waals surface area (Å²) in [5.74, 6) is -0.903. The SMILES string of the molecule is CN(Cc1ccc(F)cc1F)C(=O)CC(N)C1CC1. The van der Waals surface area contributed by atoms with Gasteiger partial charge in [-0.2, -0.15) is 0 Å². The van der Waals surface area contributed by atoms with Crippen LogP contribution in [-0.4, -0.2) is 23.9 Å². The van der Waals surface area contributed by atoms with E-state index >= 15 is 0 Å². The lowest BCUT2D eigenvalue weighted by Crippen LogP contribution is -2.34. The van der Waals surface area contributed by atoms with Crippen LogP contribution < -0.4 is 5.73 Å². The summed E-state index contributed by atoms with van der Waals surface area (Å²) in [4.78, 5) is 13.3. The Hall–Kier alpha value is -1.49. The van der Waals surface area contributed by atoms with Crippen molar-refractivity contribution in [2.75, 3.05) is 7.05 Å². The molecule has 1 aliphatic rings. The predicted octanol–water partition coefficient (Wildman–Crippen LogP) is 2.05. The van der Waals surface area contributed by atoms with E-state index in [2.05, 4.69) is 0 Å². The van der Waals surface area contributed by atoms with Crippen LogP contribution >= 0.6 is 0 Å². The van der Waals surface area contributed by atoms with Crippen LogP contribution in [0.3, 0.4) is 0 Å². The fourth-order valence-electron chi connectivity index (χ4n) is 2.04. The molecule has 0 heterocycles. The lowest BCUT2D eigenvalue weighted by atomic mass is 10.1. The second-order valence-corrected chi connectivity index (χ2v) is 5.19. The highest BCUT2D eigenvalue weighted by Crippen LogP contribution is 2.33. The first-order valence-electron chi connectivity index (χ1n) is 6.41. The van der Waals surface area contributed by atoms with Gasteiger partial charge in [0, 0.05) is 37.7 Å². The second-order valence-electron chi connectivity index (χ2n) is 5.19. The number of carbonyl (C=O) groups excluding carboxylic acids is 1. The minimum atomic E-state index is -0.633. The van der Waals surface area contributed by atoms with Crippen molar-refractivity contribution in [2.24, 2.45) is 11.7 Å². The van der Waals surface area contributed by atoms with Gasteiger partial charge in [0.15, 0.2) is 0 Å². The molecule has 3 nitrogen and oxygen atoms in total. The number of benzene rings is 1. The molecule has 1 fully saturated rings. The van der Waals surface area contributed by atoms with Gasteiger partial charge in [0.25, 0.3) is 0 Å². The van der Waals surface area contributed by atoms with Gasteiger partial charge in [0.05, 0.1) is 0 Å². The van der Waals surface area contributed by atoms with Crippen molar-refractivity contribution < 1.29 is 13.6 Å². The summed E-state index contributed by atoms with van der Waals surface area (Å²) in [6.07, 6.45) is 2.46. The Morgan fingerprint density at radius 2 is 2.16 bits per heavy atom. The van der Waals surface area contributed by atoms with Gasteiger partial charge < -0.3 is 10.6 Å². The van der Waals surface area contributed by atoms with E-state index in [1.54, 1.807) is 7.05 Å². The average Bonchev–Trinajstić information content (AvgIpc) is 3.16. The molecule has 1 atom stereocenters. The van der Waals surface area contributed by atoms with Crippen LogP contribution in [0.4, 0.5) is 8.78 Å². The van der Waals surface area contributed by atoms with E-state index in [9.17, 15) is 13.6 Å². The number of hydrogen-bond donors (Lipinski definition) is 1. The van der Waals surface area contributed by atoms with Gasteiger partial charge >= 0.3 is 0 Å². The second kappa shape index (κ2) is 5.65. The fraction of sp³-hybridized carbons (Fsp3) is 0.500. The summed E-state index contributed by atoms with van der Waals surface area (Å²) in [6, 6.07) is 3.26. The van der Waals surface area contributed by atoms with E-state index in [0.717, 1.165) is 18.9 Å². The Balaban J connectivity index is 1.91. The molecule has 104 valence electrons. The molecule has 0 bridgehead atoms. The number of halogens is 2. The molecule has 19 heavy (non-hydrogen) atoms. The Kier molecular flexibility index (Phi) is 4.14. The zero-order valence-corrected chi connectivity index (χ0v) is 10.9. The third-order valence-electron chi connectivity index (χ3n) is 3.49. The minimum Gasteiger partial charge on any atom is -0.341 e. The van der Waals surface area contributed by atoms with Gasteiger partial charge in [0.2, 0.25) is 5.91 Å². The number of nitrogens with zero attached hydrogens (tertiary/aromatic N) is 1. The zero-order valence-electron chi connectivity index (χ0n) is 10.9. The highest BCUT2D eigenvalue weighted by atomic mass is 19.1. The third-order valence-corrected chi connectivity index (χ3v) is 3.49. The van der Waals surface area contributed by atoms with Crippen molar-refractivity contribution in [3.63, 3.8) is 0 Å². The van der Waals surface area contributed by atoms with Gasteiger partial charge in [-0.1, -0.05) is 6.07 Å². The molecule has 1 saturated carbocycles. The molecule has 2 rings (SSSR count). The molecule has 0 aromatic heterocycles. The maximum absolute atomic E-state index is 13.5. The average molecular weight is 268 g/mol. The molecule has 0 spiro atoms. The minimum absolute atomic E-state index is 0.104. The molecular weight excluding hydrogens is 250 g/mol. The van der Waals surface area contributed by atoms with Crippen LogP contribution in [0.1, 0.15) is 24.8 Å². The van der Waals surface area contributed by atoms with E-state index in [4.69, 9.17) is 5.73 Å². The molecule has 5 heteroatoms. The fourth-order valence-corrected chi connectivity index (χ4v) is 2.04. The van der Waals surface area contributed by atoms with Crippen LogP contribution in [0, 0.1) is 17.6 Å². The van der Waals surface area contributed by atoms with Crippen molar-refractivity contribution in [1.82, 2.24) is 4.90 Å². The van der Waals surface area contributed by atoms with Gasteiger partial charge in [-0.3, -0.25) is 4.79 Å². The van der Waals surface area contributed by atoms with E-state index < -0.39 is 11.6 Å². The van der Waals surface area contributed by atoms with E-state index in [1.807, 2.05) is 0 Å². The topological polar surface area (TPSA) is 46.3 Å². The molecule has 2 N–H and O–H groups in total. The summed E-state index contributed by atoms with van der Waals surface area (Å²) in [7, 11) is 1.60. The van der Waals surface area contributed by atoms with Crippen molar-refractivity contribution in [2.45, 2.75) is 31.8 Å². The molecule has 1 unspecified atom stereocenters. The largest absolute Gasteiger partial charge is 0.341 e. The summed E-state index contributed by atoms with van der Waals surface area (Å²) in [5, 5.41) is 0. The first kappa shape index (κ1) is 13.9. The number of rotatable bonds is 5. The van der Waals surface area contributed by atoms with Crippen molar-refractivity contribution in [1.29, 1.82) is 0 Å². The third kappa shape index (κ3) is 3.73. The summed E-state index contributed by atoms with van der Waals surface area (Å²) < 4.78 is 26.2. The maximum atomic E-state index is 13.5. The normalized spacial score (nSPS) is 16.2. The van der Waals surface area contributed by atoms with Crippen LogP contribution in [0.25, 0.3) is 0 Å². The zero-order chi connectivity index (χ0) is 14.0. The quantitative estimate of drug-likeness (QED) is 0.888. The molecule has 0 saturated heterocycles. The first-order valence-corrected chi connectivity index (χ1v) is 6.41. The molecule has 1 amide bonds. The molecule has 1 aromatic rings. The van der Waals surface area contributed by atoms with Crippen LogP contribution in [-0.2, 0) is 11.3 Å². The van der Waals surface area contributed by atoms with E-state index in [1.165, 1.54) is 17.0 Å². The van der Waals surface area contributed by atoms with Crippen LogP contribution in [0.2, 0.25) is 0 Å². The van der Waals surface area contributed by atoms with E-state index in [-0.39, 0.29) is 24.9 Å². The van der Waals surface area contributed by atoms with Gasteiger partial charge in [-0.15, -0.1) is 0 Å². The summed E-state index contributed by atoms with van der Waals surface area (Å²) in [5.41, 5.74) is 6.19. The van der Waals surface area contributed by atoms with Crippen LogP contribution in [0.5, 0.6) is 0 Å². The number of hydrogen-bond acceptors (Lipinski definition) is 2. The standard InChI is InChI=1S/C14H18F2N2O/c1-18(14(19)7-13(17)9-2-3-9)8-10-4-5-11(15)6-12(10)16/h4-6,9,13H,2-3,7-8,17H2,1H3. The van der Waals surface area contributed by atoms with Crippen molar-refractivity contribution in [3.8, 4) is 0 Å². The molecule has 1 aromatic carbocycles. The Labute approximate surface area is 111 Å². The van der Waals surface area contributed by atoms with Gasteiger partial charge in [-0.25, -0.2) is 8.78 Å². The number of carbonyl (C=O) groups is 1. The van der Waals surface area contributed by atoms with Crippen LogP contribution in [0.15, 0.2) is 18.2 Å². The lowest BCUT2D eigenvalue weighted by molar-refractivity contribution is -0.130. The predicted molar refractivity (Wildman–Crippen MR) is 68.1 cm³/mol. The van der Waals surface area contributed by atoms with Gasteiger partial charge in [-0.05, 0) is 24.8 Å². The highest BCUT2D eigenvalue weighted by Gasteiger charge is 2.30. The monoisotopic (exact) mass is 268 g/mol. The summed E-state index contributed by atoms with van der Waals surface area (Å²) in [6.45, 7) is 0.127. The summed E-state index contributed by atoms with van der Waals surface area (Å²) >= 11 is 0. The van der Waals surface area contributed by atoms with Crippen molar-refractivity contribution in [3.05, 3.63) is 35.4 Å². The lowest BCUT2D eigenvalue weighted by Gasteiger charge is -2.20. The Bertz CT molecular complexity index is 475. The Morgan fingerprint density at radius 1 is 1.47 bits per heavy atom. The number of amides is 1. The first-order chi connectivity index (χ1) is 8.97. The van der Waals surface area contributed by atoms with Crippen molar-refractivity contribution >= 4 is 5.91 Å². The number of nitrogens with two attached hydrogens (primary N) is 1. The van der Waals surface area contributed by atoms with E-state index in [0.29, 0.717) is 11.5 Å². The maximum Gasteiger partial charge on any atom is 0.224 e. The molecule has 0 radical (unpaired) electrons. The molecule has 1 aliphatic carbocycles.